The minimum Gasteiger partial charge on any atom is -0.491 e. The molecule has 1 aliphatic rings. The maximum atomic E-state index is 12.2. The zero-order chi connectivity index (χ0) is 14.4. The Labute approximate surface area is 119 Å². The smallest absolute Gasteiger partial charge is 0.230 e. The fraction of sp³-hybridized carbons (Fsp3) is 0.533. The third-order valence-electron chi connectivity index (χ3n) is 3.23. The van der Waals surface area contributed by atoms with E-state index in [1.54, 1.807) is 4.90 Å². The van der Waals surface area contributed by atoms with E-state index in [0.29, 0.717) is 25.3 Å². The van der Waals surface area contributed by atoms with Crippen molar-refractivity contribution in [3.05, 3.63) is 24.3 Å². The van der Waals surface area contributed by atoms with Gasteiger partial charge in [-0.05, 0) is 25.1 Å². The molecule has 1 aliphatic heterocycles. The maximum Gasteiger partial charge on any atom is 0.230 e. The molecule has 1 amide bonds. The molecule has 0 aliphatic carbocycles. The second-order valence-corrected chi connectivity index (χ2v) is 4.93. The molecule has 1 heterocycles. The molecule has 0 bridgehead atoms. The first-order chi connectivity index (χ1) is 9.72. The van der Waals surface area contributed by atoms with Crippen molar-refractivity contribution in [3.8, 4) is 5.75 Å². The number of nitrogens with zero attached hydrogens (tertiary/aromatic N) is 1. The zero-order valence-electron chi connectivity index (χ0n) is 11.8. The van der Waals surface area contributed by atoms with Crippen LogP contribution in [0, 0.1) is 0 Å². The van der Waals surface area contributed by atoms with Gasteiger partial charge in [-0.25, -0.2) is 0 Å². The van der Waals surface area contributed by atoms with Gasteiger partial charge >= 0.3 is 0 Å². The summed E-state index contributed by atoms with van der Waals surface area (Å²) in [4.78, 5) is 13.8. The van der Waals surface area contributed by atoms with Gasteiger partial charge in [-0.15, -0.1) is 0 Å². The molecule has 1 aromatic rings. The van der Waals surface area contributed by atoms with E-state index in [2.05, 4.69) is 12.2 Å². The third kappa shape index (κ3) is 3.71. The number of hydrogen-bond acceptors (Lipinski definition) is 4. The number of ether oxygens (including phenoxy) is 1. The average molecular weight is 278 g/mol. The van der Waals surface area contributed by atoms with Crippen molar-refractivity contribution in [2.45, 2.75) is 25.9 Å². The molecule has 1 unspecified atom stereocenters. The number of aliphatic hydroxyl groups is 1. The lowest BCUT2D eigenvalue weighted by atomic mass is 10.2. The summed E-state index contributed by atoms with van der Waals surface area (Å²) in [6.07, 6.45) is 0.771. The summed E-state index contributed by atoms with van der Waals surface area (Å²) in [5.74, 6) is 0.691. The van der Waals surface area contributed by atoms with Crippen molar-refractivity contribution in [3.63, 3.8) is 0 Å². The molecule has 0 fully saturated rings. The van der Waals surface area contributed by atoms with Crippen LogP contribution in [0.1, 0.15) is 19.8 Å². The Morgan fingerprint density at radius 2 is 2.25 bits per heavy atom. The first-order valence-corrected chi connectivity index (χ1v) is 7.13. The number of anilines is 1. The molecular weight excluding hydrogens is 256 g/mol. The molecule has 1 atom stereocenters. The molecule has 5 heteroatoms. The van der Waals surface area contributed by atoms with Crippen LogP contribution in [0.3, 0.4) is 0 Å². The minimum absolute atomic E-state index is 0.00973. The fourth-order valence-corrected chi connectivity index (χ4v) is 2.24. The van der Waals surface area contributed by atoms with Crippen LogP contribution in [0.15, 0.2) is 24.3 Å². The first kappa shape index (κ1) is 14.8. The highest BCUT2D eigenvalue weighted by atomic mass is 16.5. The van der Waals surface area contributed by atoms with Crippen LogP contribution in [0.25, 0.3) is 0 Å². The number of aliphatic hydroxyl groups excluding tert-OH is 1. The van der Waals surface area contributed by atoms with E-state index in [0.717, 1.165) is 18.7 Å². The van der Waals surface area contributed by atoms with Gasteiger partial charge in [0.1, 0.15) is 5.75 Å². The molecule has 2 N–H and O–H groups in total. The molecule has 2 rings (SSSR count). The number of amides is 1. The van der Waals surface area contributed by atoms with Crippen LogP contribution >= 0.6 is 0 Å². The standard InChI is InChI=1S/C15H22N2O3/c1-2-8-16-10-12(18)11-17-13-5-3-4-6-14(13)20-9-7-15(17)19/h3-6,12,16,18H,2,7-11H2,1H3. The van der Waals surface area contributed by atoms with Crippen LogP contribution < -0.4 is 15.0 Å². The van der Waals surface area contributed by atoms with E-state index in [1.165, 1.54) is 0 Å². The zero-order valence-corrected chi connectivity index (χ0v) is 11.8. The number of rotatable bonds is 6. The van der Waals surface area contributed by atoms with E-state index in [-0.39, 0.29) is 12.5 Å². The van der Waals surface area contributed by atoms with Gasteiger partial charge in [-0.3, -0.25) is 4.79 Å². The molecule has 0 saturated carbocycles. The monoisotopic (exact) mass is 278 g/mol. The highest BCUT2D eigenvalue weighted by molar-refractivity contribution is 5.95. The van der Waals surface area contributed by atoms with Gasteiger partial charge in [0, 0.05) is 6.54 Å². The highest BCUT2D eigenvalue weighted by Crippen LogP contribution is 2.30. The van der Waals surface area contributed by atoms with Crippen LogP contribution in [0.4, 0.5) is 5.69 Å². The number of carbonyl (C=O) groups is 1. The molecule has 0 spiro atoms. The third-order valence-corrected chi connectivity index (χ3v) is 3.23. The lowest BCUT2D eigenvalue weighted by Crippen LogP contribution is -2.41. The molecule has 20 heavy (non-hydrogen) atoms. The minimum atomic E-state index is -0.586. The summed E-state index contributed by atoms with van der Waals surface area (Å²) in [5.41, 5.74) is 0.740. The van der Waals surface area contributed by atoms with E-state index in [1.807, 2.05) is 24.3 Å². The second-order valence-electron chi connectivity index (χ2n) is 4.93. The molecule has 5 nitrogen and oxygen atoms in total. The van der Waals surface area contributed by atoms with E-state index in [9.17, 15) is 9.90 Å². The van der Waals surface area contributed by atoms with E-state index >= 15 is 0 Å². The number of fused-ring (bicyclic) bond motifs is 1. The van der Waals surface area contributed by atoms with Crippen LogP contribution in [-0.4, -0.2) is 43.4 Å². The van der Waals surface area contributed by atoms with E-state index in [4.69, 9.17) is 4.74 Å². The Balaban J connectivity index is 2.06. The number of hydrogen-bond donors (Lipinski definition) is 2. The normalized spacial score (nSPS) is 16.3. The number of β-amino-alcohol motifs (C(OH)–C–C–N with tert-alkyl or cyclic N) is 1. The Morgan fingerprint density at radius 1 is 1.45 bits per heavy atom. The van der Waals surface area contributed by atoms with Crippen molar-refractivity contribution >= 4 is 11.6 Å². The van der Waals surface area contributed by atoms with Gasteiger partial charge < -0.3 is 20.1 Å². The number of benzene rings is 1. The Bertz CT molecular complexity index is 450. The first-order valence-electron chi connectivity index (χ1n) is 7.13. The van der Waals surface area contributed by atoms with Gasteiger partial charge in [0.2, 0.25) is 5.91 Å². The van der Waals surface area contributed by atoms with Crippen molar-refractivity contribution in [2.24, 2.45) is 0 Å². The lowest BCUT2D eigenvalue weighted by Gasteiger charge is -2.24. The summed E-state index contributed by atoms with van der Waals surface area (Å²) in [6, 6.07) is 7.45. The molecule has 1 aromatic carbocycles. The predicted octanol–water partition coefficient (Wildman–Crippen LogP) is 1.16. The lowest BCUT2D eigenvalue weighted by molar-refractivity contribution is -0.119. The van der Waals surface area contributed by atoms with Gasteiger partial charge in [0.15, 0.2) is 0 Å². The second kappa shape index (κ2) is 7.26. The SMILES string of the molecule is CCCNCC(O)CN1C(=O)CCOc2ccccc21. The summed E-state index contributed by atoms with van der Waals surface area (Å²) in [6.45, 7) is 4.10. The maximum absolute atomic E-state index is 12.2. The van der Waals surface area contributed by atoms with Gasteiger partial charge in [-0.2, -0.15) is 0 Å². The predicted molar refractivity (Wildman–Crippen MR) is 78.1 cm³/mol. The van der Waals surface area contributed by atoms with Crippen molar-refractivity contribution < 1.29 is 14.6 Å². The van der Waals surface area contributed by atoms with Crippen LogP contribution in [0.2, 0.25) is 0 Å². The fourth-order valence-electron chi connectivity index (χ4n) is 2.24. The molecule has 0 radical (unpaired) electrons. The van der Waals surface area contributed by atoms with Gasteiger partial charge in [0.25, 0.3) is 0 Å². The van der Waals surface area contributed by atoms with E-state index < -0.39 is 6.10 Å². The highest BCUT2D eigenvalue weighted by Gasteiger charge is 2.24. The quantitative estimate of drug-likeness (QED) is 0.767. The Hall–Kier alpha value is -1.59. The molecule has 0 aromatic heterocycles. The van der Waals surface area contributed by atoms with Crippen molar-refractivity contribution in [1.82, 2.24) is 5.32 Å². The largest absolute Gasteiger partial charge is 0.491 e. The summed E-state index contributed by atoms with van der Waals surface area (Å²) in [7, 11) is 0. The topological polar surface area (TPSA) is 61.8 Å². The summed E-state index contributed by atoms with van der Waals surface area (Å²) in [5, 5.41) is 13.2. The average Bonchev–Trinajstić information content (AvgIpc) is 2.60. The number of nitrogens with one attached hydrogen (secondary N) is 1. The Kier molecular flexibility index (Phi) is 5.38. The Morgan fingerprint density at radius 3 is 3.05 bits per heavy atom. The summed E-state index contributed by atoms with van der Waals surface area (Å²) < 4.78 is 5.57. The molecule has 110 valence electrons. The number of para-hydroxylation sites is 2. The van der Waals surface area contributed by atoms with Crippen molar-refractivity contribution in [2.75, 3.05) is 31.1 Å². The van der Waals surface area contributed by atoms with Crippen molar-refractivity contribution in [1.29, 1.82) is 0 Å². The molecular formula is C15H22N2O3. The van der Waals surface area contributed by atoms with Gasteiger partial charge in [-0.1, -0.05) is 19.1 Å². The van der Waals surface area contributed by atoms with Gasteiger partial charge in [0.05, 0.1) is 31.4 Å². The number of carbonyl (C=O) groups excluding carboxylic acids is 1. The molecule has 0 saturated heterocycles. The van der Waals surface area contributed by atoms with Crippen LogP contribution in [-0.2, 0) is 4.79 Å². The summed E-state index contributed by atoms with van der Waals surface area (Å²) >= 11 is 0. The van der Waals surface area contributed by atoms with Crippen LogP contribution in [0.5, 0.6) is 5.75 Å².